The molecule has 0 aliphatic carbocycles. The first kappa shape index (κ1) is 17.5. The molecular weight excluding hydrogens is 387 g/mol. The number of hydrogen-bond acceptors (Lipinski definition) is 4. The Morgan fingerprint density at radius 3 is 2.77 bits per heavy atom. The summed E-state index contributed by atoms with van der Waals surface area (Å²) in [7, 11) is 2.11. The Morgan fingerprint density at radius 1 is 1.23 bits per heavy atom. The highest BCUT2D eigenvalue weighted by molar-refractivity contribution is 14.0. The van der Waals surface area contributed by atoms with E-state index < -0.39 is 0 Å². The number of benzene rings is 1. The van der Waals surface area contributed by atoms with Gasteiger partial charge in [0.05, 0.1) is 6.54 Å². The van der Waals surface area contributed by atoms with Crippen LogP contribution in [0, 0.1) is 5.92 Å². The summed E-state index contributed by atoms with van der Waals surface area (Å²) < 4.78 is 0. The van der Waals surface area contributed by atoms with Gasteiger partial charge in [-0.1, -0.05) is 30.3 Å². The first-order valence-electron chi connectivity index (χ1n) is 8.07. The molecule has 3 rings (SSSR count). The van der Waals surface area contributed by atoms with E-state index in [9.17, 15) is 0 Å². The smallest absolute Gasteiger partial charge is 0.193 e. The molecule has 0 saturated carbocycles. The van der Waals surface area contributed by atoms with Crippen LogP contribution in [0.15, 0.2) is 35.3 Å². The maximum absolute atomic E-state index is 4.49. The number of likely N-dealkylation sites (N-methyl/N-ethyl adjacent to an activating group) is 1. The number of nitrogens with one attached hydrogen (secondary N) is 1. The van der Waals surface area contributed by atoms with E-state index in [1.54, 1.807) is 0 Å². The van der Waals surface area contributed by atoms with Crippen LogP contribution in [-0.2, 0) is 6.42 Å². The molecule has 2 aliphatic rings. The van der Waals surface area contributed by atoms with Crippen molar-refractivity contribution < 1.29 is 0 Å². The number of rotatable bonds is 5. The quantitative estimate of drug-likeness (QED) is 0.749. The van der Waals surface area contributed by atoms with Gasteiger partial charge in [-0.3, -0.25) is 4.99 Å². The van der Waals surface area contributed by atoms with Gasteiger partial charge < -0.3 is 15.1 Å². The lowest BCUT2D eigenvalue weighted by atomic mass is 10.1. The van der Waals surface area contributed by atoms with Gasteiger partial charge in [-0.25, -0.2) is 0 Å². The van der Waals surface area contributed by atoms with Crippen molar-refractivity contribution in [2.24, 2.45) is 10.9 Å². The van der Waals surface area contributed by atoms with Crippen LogP contribution >= 0.6 is 24.0 Å². The average Bonchev–Trinajstić information content (AvgIpc) is 3.13. The highest BCUT2D eigenvalue weighted by atomic mass is 127. The van der Waals surface area contributed by atoms with E-state index in [0.717, 1.165) is 37.9 Å². The van der Waals surface area contributed by atoms with E-state index in [1.807, 2.05) is 0 Å². The Morgan fingerprint density at radius 2 is 2.05 bits per heavy atom. The van der Waals surface area contributed by atoms with Gasteiger partial charge in [-0.15, -0.1) is 24.0 Å². The molecule has 1 unspecified atom stereocenters. The Kier molecular flexibility index (Phi) is 6.95. The average molecular weight is 414 g/mol. The first-order chi connectivity index (χ1) is 10.3. The highest BCUT2D eigenvalue weighted by Gasteiger charge is 2.23. The Bertz CT molecular complexity index is 477. The number of halogens is 1. The Hall–Kier alpha value is -0.820. The van der Waals surface area contributed by atoms with E-state index in [1.165, 1.54) is 31.6 Å². The molecule has 1 atom stereocenters. The van der Waals surface area contributed by atoms with Crippen molar-refractivity contribution in [3.05, 3.63) is 35.9 Å². The molecule has 1 aromatic carbocycles. The van der Waals surface area contributed by atoms with Crippen LogP contribution in [-0.4, -0.2) is 62.1 Å². The van der Waals surface area contributed by atoms with Crippen molar-refractivity contribution in [2.45, 2.75) is 12.8 Å². The highest BCUT2D eigenvalue weighted by Crippen LogP contribution is 2.16. The van der Waals surface area contributed by atoms with Crippen LogP contribution in [0.1, 0.15) is 12.0 Å². The Balaban J connectivity index is 0.00000176. The molecule has 2 heterocycles. The number of likely N-dealkylation sites (tertiary alicyclic amines) is 1. The predicted molar refractivity (Wildman–Crippen MR) is 103 cm³/mol. The van der Waals surface area contributed by atoms with Gasteiger partial charge in [0.15, 0.2) is 5.96 Å². The molecule has 0 spiro atoms. The molecule has 0 aromatic heterocycles. The molecule has 0 bridgehead atoms. The SMILES string of the molecule is CN1CCN=C1NCC1CCN(CCc2ccccc2)C1.I. The molecule has 22 heavy (non-hydrogen) atoms. The van der Waals surface area contributed by atoms with Gasteiger partial charge >= 0.3 is 0 Å². The number of nitrogens with zero attached hydrogens (tertiary/aromatic N) is 3. The second-order valence-electron chi connectivity index (χ2n) is 6.20. The number of guanidine groups is 1. The predicted octanol–water partition coefficient (Wildman–Crippen LogP) is 2.06. The van der Waals surface area contributed by atoms with Crippen molar-refractivity contribution >= 4 is 29.9 Å². The fourth-order valence-corrected chi connectivity index (χ4v) is 3.17. The van der Waals surface area contributed by atoms with Crippen molar-refractivity contribution in [2.75, 3.05) is 46.3 Å². The molecule has 122 valence electrons. The molecule has 0 radical (unpaired) electrons. The van der Waals surface area contributed by atoms with Gasteiger partial charge in [0.25, 0.3) is 0 Å². The molecule has 5 heteroatoms. The van der Waals surface area contributed by atoms with Crippen LogP contribution in [0.25, 0.3) is 0 Å². The topological polar surface area (TPSA) is 30.9 Å². The molecular formula is C17H27IN4. The van der Waals surface area contributed by atoms with Gasteiger partial charge in [-0.2, -0.15) is 0 Å². The zero-order chi connectivity index (χ0) is 14.5. The molecule has 1 N–H and O–H groups in total. The largest absolute Gasteiger partial charge is 0.356 e. The van der Waals surface area contributed by atoms with E-state index in [4.69, 9.17) is 0 Å². The lowest BCUT2D eigenvalue weighted by molar-refractivity contribution is 0.327. The van der Waals surface area contributed by atoms with Crippen molar-refractivity contribution in [3.8, 4) is 0 Å². The molecule has 2 aliphatic heterocycles. The maximum Gasteiger partial charge on any atom is 0.193 e. The van der Waals surface area contributed by atoms with Crippen molar-refractivity contribution in [1.29, 1.82) is 0 Å². The summed E-state index contributed by atoms with van der Waals surface area (Å²) in [6.07, 6.45) is 2.47. The number of hydrogen-bond donors (Lipinski definition) is 1. The van der Waals surface area contributed by atoms with E-state index in [2.05, 4.69) is 57.5 Å². The third-order valence-corrected chi connectivity index (χ3v) is 4.54. The minimum absolute atomic E-state index is 0. The molecule has 1 fully saturated rings. The fraction of sp³-hybridized carbons (Fsp3) is 0.588. The zero-order valence-corrected chi connectivity index (χ0v) is 15.7. The summed E-state index contributed by atoms with van der Waals surface area (Å²) in [5.41, 5.74) is 1.45. The van der Waals surface area contributed by atoms with Gasteiger partial charge in [0, 0.05) is 33.2 Å². The maximum atomic E-state index is 4.49. The summed E-state index contributed by atoms with van der Waals surface area (Å²) in [5.74, 6) is 1.84. The summed E-state index contributed by atoms with van der Waals surface area (Å²) in [6, 6.07) is 10.8. The lowest BCUT2D eigenvalue weighted by Crippen LogP contribution is -2.38. The fourth-order valence-electron chi connectivity index (χ4n) is 3.17. The molecule has 1 saturated heterocycles. The summed E-state index contributed by atoms with van der Waals surface area (Å²) >= 11 is 0. The van der Waals surface area contributed by atoms with E-state index in [0.29, 0.717) is 0 Å². The van der Waals surface area contributed by atoms with Crippen LogP contribution in [0.3, 0.4) is 0 Å². The summed E-state index contributed by atoms with van der Waals surface area (Å²) in [6.45, 7) is 6.69. The molecule has 1 aromatic rings. The van der Waals surface area contributed by atoms with Crippen molar-refractivity contribution in [1.82, 2.24) is 15.1 Å². The first-order valence-corrected chi connectivity index (χ1v) is 8.07. The Labute approximate surface area is 151 Å². The summed E-state index contributed by atoms with van der Waals surface area (Å²) in [5, 5.41) is 3.52. The van der Waals surface area contributed by atoms with Gasteiger partial charge in [0.1, 0.15) is 0 Å². The van der Waals surface area contributed by atoms with Crippen molar-refractivity contribution in [3.63, 3.8) is 0 Å². The monoisotopic (exact) mass is 414 g/mol. The summed E-state index contributed by atoms with van der Waals surface area (Å²) in [4.78, 5) is 9.30. The van der Waals surface area contributed by atoms with E-state index >= 15 is 0 Å². The zero-order valence-electron chi connectivity index (χ0n) is 13.4. The third-order valence-electron chi connectivity index (χ3n) is 4.54. The van der Waals surface area contributed by atoms with Crippen LogP contribution in [0.4, 0.5) is 0 Å². The second kappa shape index (κ2) is 8.72. The van der Waals surface area contributed by atoms with Crippen LogP contribution < -0.4 is 5.32 Å². The lowest BCUT2D eigenvalue weighted by Gasteiger charge is -2.19. The standard InChI is InChI=1S/C17H26N4.HI/c1-20-12-9-18-17(20)19-13-16-8-11-21(14-16)10-7-15-5-3-2-4-6-15;/h2-6,16H,7-14H2,1H3,(H,18,19);1H. The van der Waals surface area contributed by atoms with Crippen LogP contribution in [0.5, 0.6) is 0 Å². The van der Waals surface area contributed by atoms with Gasteiger partial charge in [-0.05, 0) is 30.9 Å². The minimum Gasteiger partial charge on any atom is -0.356 e. The second-order valence-corrected chi connectivity index (χ2v) is 6.20. The van der Waals surface area contributed by atoms with Gasteiger partial charge in [0.2, 0.25) is 0 Å². The number of aliphatic imine (C=N–C) groups is 1. The van der Waals surface area contributed by atoms with Crippen LogP contribution in [0.2, 0.25) is 0 Å². The minimum atomic E-state index is 0. The van der Waals surface area contributed by atoms with E-state index in [-0.39, 0.29) is 24.0 Å². The third kappa shape index (κ3) is 4.84. The normalized spacial score (nSPS) is 21.6. The molecule has 0 amide bonds. The molecule has 4 nitrogen and oxygen atoms in total.